The molecule has 98 valence electrons. The first-order valence-electron chi connectivity index (χ1n) is 5.58. The van der Waals surface area contributed by atoms with E-state index in [1.807, 2.05) is 25.3 Å². The number of hydrogen-bond acceptors (Lipinski definition) is 4. The molecule has 0 aliphatic rings. The Hall–Kier alpha value is -1.35. The van der Waals surface area contributed by atoms with E-state index in [2.05, 4.69) is 17.2 Å². The maximum absolute atomic E-state index is 12.1. The fourth-order valence-corrected chi connectivity index (χ4v) is 2.24. The van der Waals surface area contributed by atoms with Crippen molar-refractivity contribution in [1.29, 1.82) is 0 Å². The summed E-state index contributed by atoms with van der Waals surface area (Å²) >= 11 is 1.37. The molecule has 0 fully saturated rings. The van der Waals surface area contributed by atoms with Gasteiger partial charge < -0.3 is 15.8 Å². The maximum atomic E-state index is 12.1. The Morgan fingerprint density at radius 2 is 2.33 bits per heavy atom. The van der Waals surface area contributed by atoms with Crippen LogP contribution in [0.25, 0.3) is 0 Å². The fraction of sp³-hybridized carbons (Fsp3) is 0.462. The van der Waals surface area contributed by atoms with Gasteiger partial charge in [0.05, 0.1) is 18.7 Å². The number of nitrogens with one attached hydrogen (secondary N) is 1. The second-order valence-corrected chi connectivity index (χ2v) is 5.36. The summed E-state index contributed by atoms with van der Waals surface area (Å²) in [5, 5.41) is 4.77. The summed E-state index contributed by atoms with van der Waals surface area (Å²) in [5.41, 5.74) is 5.64. The molecule has 0 bridgehead atoms. The molecule has 0 aromatic carbocycles. The third-order valence-corrected chi connectivity index (χ3v) is 3.07. The molecule has 0 unspecified atom stereocenters. The van der Waals surface area contributed by atoms with E-state index >= 15 is 0 Å². The standard InChI is InChI=1S/C13H18N2O2S/c1-13(2,9-17-3)15-12(16)11-10(5-4-7-14)6-8-18-11/h6,8H,7,9,14H2,1-3H3,(H,15,16). The molecule has 0 saturated heterocycles. The van der Waals surface area contributed by atoms with E-state index in [0.29, 0.717) is 11.5 Å². The predicted molar refractivity (Wildman–Crippen MR) is 73.7 cm³/mol. The van der Waals surface area contributed by atoms with Gasteiger partial charge in [0.15, 0.2) is 0 Å². The van der Waals surface area contributed by atoms with Crippen LogP contribution < -0.4 is 11.1 Å². The maximum Gasteiger partial charge on any atom is 0.263 e. The van der Waals surface area contributed by atoms with Gasteiger partial charge in [-0.1, -0.05) is 11.8 Å². The highest BCUT2D eigenvalue weighted by Gasteiger charge is 2.22. The third kappa shape index (κ3) is 4.15. The SMILES string of the molecule is COCC(C)(C)NC(=O)c1sccc1C#CCN. The lowest BCUT2D eigenvalue weighted by Crippen LogP contribution is -2.46. The van der Waals surface area contributed by atoms with Gasteiger partial charge >= 0.3 is 0 Å². The summed E-state index contributed by atoms with van der Waals surface area (Å²) in [4.78, 5) is 12.7. The van der Waals surface area contributed by atoms with Crippen LogP contribution in [-0.4, -0.2) is 31.7 Å². The molecule has 0 aliphatic carbocycles. The van der Waals surface area contributed by atoms with Crippen LogP contribution in [0, 0.1) is 11.8 Å². The summed E-state index contributed by atoms with van der Waals surface area (Å²) in [6, 6.07) is 1.82. The van der Waals surface area contributed by atoms with Crippen LogP contribution in [0.5, 0.6) is 0 Å². The van der Waals surface area contributed by atoms with Crippen molar-refractivity contribution in [3.05, 3.63) is 21.9 Å². The van der Waals surface area contributed by atoms with Crippen molar-refractivity contribution >= 4 is 17.2 Å². The van der Waals surface area contributed by atoms with Gasteiger partial charge in [0.25, 0.3) is 5.91 Å². The van der Waals surface area contributed by atoms with Gasteiger partial charge in [0.2, 0.25) is 0 Å². The second kappa shape index (κ2) is 6.55. The van der Waals surface area contributed by atoms with Gasteiger partial charge in [-0.15, -0.1) is 11.3 Å². The highest BCUT2D eigenvalue weighted by molar-refractivity contribution is 7.12. The molecule has 4 nitrogen and oxygen atoms in total. The first-order chi connectivity index (χ1) is 8.50. The Bertz CT molecular complexity index is 469. The van der Waals surface area contributed by atoms with Gasteiger partial charge in [0.1, 0.15) is 4.88 Å². The number of rotatable bonds is 4. The molecule has 1 heterocycles. The number of amides is 1. The molecule has 1 aromatic heterocycles. The van der Waals surface area contributed by atoms with Crippen LogP contribution in [0.2, 0.25) is 0 Å². The summed E-state index contributed by atoms with van der Waals surface area (Å²) in [6.45, 7) is 4.56. The van der Waals surface area contributed by atoms with Crippen LogP contribution in [0.4, 0.5) is 0 Å². The van der Waals surface area contributed by atoms with Crippen molar-refractivity contribution in [2.24, 2.45) is 5.73 Å². The molecule has 1 aromatic rings. The van der Waals surface area contributed by atoms with E-state index in [-0.39, 0.29) is 12.5 Å². The van der Waals surface area contributed by atoms with Crippen LogP contribution in [0.15, 0.2) is 11.4 Å². The first-order valence-corrected chi connectivity index (χ1v) is 6.46. The minimum Gasteiger partial charge on any atom is -0.382 e. The van der Waals surface area contributed by atoms with E-state index in [1.165, 1.54) is 11.3 Å². The quantitative estimate of drug-likeness (QED) is 0.805. The van der Waals surface area contributed by atoms with Crippen molar-refractivity contribution in [1.82, 2.24) is 5.32 Å². The van der Waals surface area contributed by atoms with Crippen LogP contribution in [0.3, 0.4) is 0 Å². The van der Waals surface area contributed by atoms with Gasteiger partial charge in [-0.05, 0) is 25.3 Å². The smallest absolute Gasteiger partial charge is 0.263 e. The number of ether oxygens (including phenoxy) is 1. The molecule has 18 heavy (non-hydrogen) atoms. The Morgan fingerprint density at radius 1 is 1.61 bits per heavy atom. The normalized spacial score (nSPS) is 10.7. The van der Waals surface area contributed by atoms with Crippen molar-refractivity contribution in [3.63, 3.8) is 0 Å². The summed E-state index contributed by atoms with van der Waals surface area (Å²) in [6.07, 6.45) is 0. The van der Waals surface area contributed by atoms with Gasteiger partial charge in [-0.2, -0.15) is 0 Å². The topological polar surface area (TPSA) is 64.3 Å². The zero-order valence-corrected chi connectivity index (χ0v) is 11.7. The molecule has 0 spiro atoms. The zero-order chi connectivity index (χ0) is 13.6. The van der Waals surface area contributed by atoms with Crippen LogP contribution in [-0.2, 0) is 4.74 Å². The highest BCUT2D eigenvalue weighted by atomic mass is 32.1. The van der Waals surface area contributed by atoms with Gasteiger partial charge in [-0.25, -0.2) is 0 Å². The van der Waals surface area contributed by atoms with E-state index in [1.54, 1.807) is 7.11 Å². The van der Waals surface area contributed by atoms with Crippen molar-refractivity contribution in [2.45, 2.75) is 19.4 Å². The van der Waals surface area contributed by atoms with Crippen molar-refractivity contribution in [3.8, 4) is 11.8 Å². The Labute approximate surface area is 112 Å². The average Bonchev–Trinajstić information content (AvgIpc) is 2.73. The summed E-state index contributed by atoms with van der Waals surface area (Å²) < 4.78 is 5.06. The summed E-state index contributed by atoms with van der Waals surface area (Å²) in [7, 11) is 1.61. The average molecular weight is 266 g/mol. The minimum atomic E-state index is -0.408. The molecule has 0 atom stereocenters. The van der Waals surface area contributed by atoms with Crippen LogP contribution in [0.1, 0.15) is 29.1 Å². The van der Waals surface area contributed by atoms with E-state index in [9.17, 15) is 4.79 Å². The number of thiophene rings is 1. The molecule has 1 amide bonds. The number of nitrogens with two attached hydrogens (primary N) is 1. The molecule has 3 N–H and O–H groups in total. The summed E-state index contributed by atoms with van der Waals surface area (Å²) in [5.74, 6) is 5.52. The zero-order valence-electron chi connectivity index (χ0n) is 10.9. The minimum absolute atomic E-state index is 0.131. The number of carbonyl (C=O) groups is 1. The van der Waals surface area contributed by atoms with E-state index < -0.39 is 5.54 Å². The van der Waals surface area contributed by atoms with Gasteiger partial charge in [0, 0.05) is 12.7 Å². The van der Waals surface area contributed by atoms with Crippen molar-refractivity contribution in [2.75, 3.05) is 20.3 Å². The monoisotopic (exact) mass is 266 g/mol. The lowest BCUT2D eigenvalue weighted by atomic mass is 10.1. The molecule has 5 heteroatoms. The Morgan fingerprint density at radius 3 is 2.94 bits per heavy atom. The van der Waals surface area contributed by atoms with Gasteiger partial charge in [-0.3, -0.25) is 4.79 Å². The molecular formula is C13H18N2O2S. The number of carbonyl (C=O) groups excluding carboxylic acids is 1. The second-order valence-electron chi connectivity index (χ2n) is 4.44. The molecule has 1 rings (SSSR count). The van der Waals surface area contributed by atoms with E-state index in [4.69, 9.17) is 10.5 Å². The van der Waals surface area contributed by atoms with E-state index in [0.717, 1.165) is 5.56 Å². The van der Waals surface area contributed by atoms with Crippen molar-refractivity contribution < 1.29 is 9.53 Å². The fourth-order valence-electron chi connectivity index (χ4n) is 1.49. The largest absolute Gasteiger partial charge is 0.382 e. The highest BCUT2D eigenvalue weighted by Crippen LogP contribution is 2.17. The molecule has 0 radical (unpaired) electrons. The molecule has 0 aliphatic heterocycles. The lowest BCUT2D eigenvalue weighted by molar-refractivity contribution is 0.0823. The Kier molecular flexibility index (Phi) is 5.35. The molecule has 0 saturated carbocycles. The predicted octanol–water partition coefficient (Wildman–Crippen LogP) is 1.21. The number of hydrogen-bond donors (Lipinski definition) is 2. The van der Waals surface area contributed by atoms with Crippen LogP contribution >= 0.6 is 11.3 Å². The third-order valence-electron chi connectivity index (χ3n) is 2.15. The first kappa shape index (κ1) is 14.7. The Balaban J connectivity index is 2.82. The number of methoxy groups -OCH3 is 1. The molecular weight excluding hydrogens is 248 g/mol. The lowest BCUT2D eigenvalue weighted by Gasteiger charge is -2.24.